The van der Waals surface area contributed by atoms with Crippen LogP contribution in [0.25, 0.3) is 6.08 Å². The minimum atomic E-state index is -1.00. The third-order valence-electron chi connectivity index (χ3n) is 2.00. The van der Waals surface area contributed by atoms with Gasteiger partial charge in [-0.2, -0.15) is 0 Å². The number of carboxylic acids is 1. The molecule has 14 heavy (non-hydrogen) atoms. The van der Waals surface area contributed by atoms with Crippen molar-refractivity contribution in [2.75, 3.05) is 6.79 Å². The number of carbonyl (C=O) groups is 1. The maximum absolute atomic E-state index is 10.8. The molecule has 1 N–H and O–H groups in total. The molecule has 4 nitrogen and oxygen atoms in total. The van der Waals surface area contributed by atoms with Crippen molar-refractivity contribution in [2.24, 2.45) is 0 Å². The number of hydrogen-bond donors (Lipinski definition) is 1. The van der Waals surface area contributed by atoms with Crippen molar-refractivity contribution in [2.45, 2.75) is 0 Å². The Balaban J connectivity index is 2.59. The number of rotatable bonds is 2. The molecule has 0 fully saturated rings. The number of fused-ring (bicyclic) bond motifs is 1. The van der Waals surface area contributed by atoms with Crippen LogP contribution in [0.2, 0.25) is 0 Å². The molecule has 1 aromatic rings. The predicted octanol–water partition coefficient (Wildman–Crippen LogP) is 1.76. The van der Waals surface area contributed by atoms with Gasteiger partial charge in [0, 0.05) is 0 Å². The lowest BCUT2D eigenvalue weighted by Gasteiger charge is -2.02. The molecule has 1 aliphatic heterocycles. The molecular formula is C10H8O4. The number of aromatic carboxylic acids is 1. The summed E-state index contributed by atoms with van der Waals surface area (Å²) < 4.78 is 10.2. The van der Waals surface area contributed by atoms with Gasteiger partial charge < -0.3 is 14.6 Å². The average Bonchev–Trinajstić information content (AvgIpc) is 2.62. The zero-order valence-corrected chi connectivity index (χ0v) is 7.32. The van der Waals surface area contributed by atoms with Crippen LogP contribution in [-0.2, 0) is 0 Å². The number of ether oxygens (including phenoxy) is 2. The van der Waals surface area contributed by atoms with Gasteiger partial charge in [0.1, 0.15) is 0 Å². The van der Waals surface area contributed by atoms with Gasteiger partial charge in [0.25, 0.3) is 0 Å². The number of carboxylic acid groups (broad SMARTS) is 1. The van der Waals surface area contributed by atoms with Gasteiger partial charge in [-0.15, -0.1) is 0 Å². The Labute approximate surface area is 80.4 Å². The minimum Gasteiger partial charge on any atom is -0.478 e. The number of hydrogen-bond acceptors (Lipinski definition) is 3. The third kappa shape index (κ3) is 1.21. The highest BCUT2D eigenvalue weighted by Gasteiger charge is 2.18. The molecular weight excluding hydrogens is 184 g/mol. The summed E-state index contributed by atoms with van der Waals surface area (Å²) in [5.74, 6) is 0.0242. The Morgan fingerprint density at radius 2 is 2.07 bits per heavy atom. The Morgan fingerprint density at radius 3 is 2.64 bits per heavy atom. The van der Waals surface area contributed by atoms with Crippen molar-refractivity contribution < 1.29 is 19.4 Å². The molecule has 0 amide bonds. The Kier molecular flexibility index (Phi) is 1.89. The highest BCUT2D eigenvalue weighted by Crippen LogP contribution is 2.35. The normalized spacial score (nSPS) is 12.6. The van der Waals surface area contributed by atoms with E-state index in [0.29, 0.717) is 17.1 Å². The summed E-state index contributed by atoms with van der Waals surface area (Å²) in [6.07, 6.45) is 1.48. The van der Waals surface area contributed by atoms with E-state index in [-0.39, 0.29) is 12.4 Å². The van der Waals surface area contributed by atoms with Crippen LogP contribution in [0.3, 0.4) is 0 Å². The van der Waals surface area contributed by atoms with E-state index < -0.39 is 5.97 Å². The van der Waals surface area contributed by atoms with Gasteiger partial charge in [0.15, 0.2) is 11.5 Å². The summed E-state index contributed by atoms with van der Waals surface area (Å²) in [7, 11) is 0. The van der Waals surface area contributed by atoms with Gasteiger partial charge in [0.05, 0.1) is 5.56 Å². The second kappa shape index (κ2) is 3.06. The molecule has 0 bridgehead atoms. The maximum Gasteiger partial charge on any atom is 0.336 e. The highest BCUT2D eigenvalue weighted by molar-refractivity contribution is 5.93. The summed E-state index contributed by atoms with van der Waals surface area (Å²) in [4.78, 5) is 10.8. The molecule has 0 saturated heterocycles. The lowest BCUT2D eigenvalue weighted by atomic mass is 10.1. The molecule has 0 aliphatic carbocycles. The fourth-order valence-electron chi connectivity index (χ4n) is 1.31. The summed E-state index contributed by atoms with van der Waals surface area (Å²) in [5, 5.41) is 8.88. The Hall–Kier alpha value is -1.97. The van der Waals surface area contributed by atoms with Crippen LogP contribution in [0.15, 0.2) is 18.7 Å². The van der Waals surface area contributed by atoms with Gasteiger partial charge >= 0.3 is 5.97 Å². The third-order valence-corrected chi connectivity index (χ3v) is 2.00. The van der Waals surface area contributed by atoms with E-state index in [4.69, 9.17) is 14.6 Å². The first-order valence-electron chi connectivity index (χ1n) is 4.01. The SMILES string of the molecule is C=Cc1cc2c(cc1C(=O)O)OCO2. The Morgan fingerprint density at radius 1 is 1.43 bits per heavy atom. The van der Waals surface area contributed by atoms with Crippen molar-refractivity contribution in [3.63, 3.8) is 0 Å². The van der Waals surface area contributed by atoms with E-state index in [2.05, 4.69) is 6.58 Å². The van der Waals surface area contributed by atoms with Crippen LogP contribution >= 0.6 is 0 Å². The number of benzene rings is 1. The first-order chi connectivity index (χ1) is 6.72. The molecule has 1 aromatic carbocycles. The van der Waals surface area contributed by atoms with Gasteiger partial charge in [-0.25, -0.2) is 4.79 Å². The standard InChI is InChI=1S/C10H8O4/c1-2-6-3-8-9(14-5-13-8)4-7(6)10(11)12/h2-4H,1,5H2,(H,11,12). The monoisotopic (exact) mass is 192 g/mol. The molecule has 0 spiro atoms. The molecule has 0 saturated carbocycles. The van der Waals surface area contributed by atoms with Crippen LogP contribution < -0.4 is 9.47 Å². The lowest BCUT2D eigenvalue weighted by Crippen LogP contribution is -1.99. The molecule has 1 aliphatic rings. The molecule has 1 heterocycles. The summed E-state index contributed by atoms with van der Waals surface area (Å²) >= 11 is 0. The topological polar surface area (TPSA) is 55.8 Å². The van der Waals surface area contributed by atoms with Crippen molar-refractivity contribution in [3.05, 3.63) is 29.8 Å². The zero-order chi connectivity index (χ0) is 10.1. The fraction of sp³-hybridized carbons (Fsp3) is 0.100. The summed E-state index contributed by atoms with van der Waals surface area (Å²) in [6.45, 7) is 3.67. The van der Waals surface area contributed by atoms with Crippen LogP contribution in [-0.4, -0.2) is 17.9 Å². The van der Waals surface area contributed by atoms with Gasteiger partial charge in [-0.3, -0.25) is 0 Å². The van der Waals surface area contributed by atoms with Crippen molar-refractivity contribution in [3.8, 4) is 11.5 Å². The van der Waals surface area contributed by atoms with E-state index >= 15 is 0 Å². The molecule has 2 rings (SSSR count). The first-order valence-corrected chi connectivity index (χ1v) is 4.01. The first kappa shape index (κ1) is 8.62. The predicted molar refractivity (Wildman–Crippen MR) is 49.6 cm³/mol. The van der Waals surface area contributed by atoms with Crippen LogP contribution in [0, 0.1) is 0 Å². The quantitative estimate of drug-likeness (QED) is 0.775. The van der Waals surface area contributed by atoms with E-state index in [1.807, 2.05) is 0 Å². The summed E-state index contributed by atoms with van der Waals surface area (Å²) in [6, 6.07) is 3.06. The minimum absolute atomic E-state index is 0.134. The second-order valence-corrected chi connectivity index (χ2v) is 2.80. The largest absolute Gasteiger partial charge is 0.478 e. The van der Waals surface area contributed by atoms with Gasteiger partial charge in [-0.05, 0) is 17.7 Å². The van der Waals surface area contributed by atoms with E-state index in [9.17, 15) is 4.79 Å². The summed E-state index contributed by atoms with van der Waals surface area (Å²) in [5.41, 5.74) is 0.700. The molecule has 0 unspecified atom stereocenters. The van der Waals surface area contributed by atoms with Crippen molar-refractivity contribution in [1.29, 1.82) is 0 Å². The molecule has 0 atom stereocenters. The second-order valence-electron chi connectivity index (χ2n) is 2.80. The van der Waals surface area contributed by atoms with Crippen LogP contribution in [0.4, 0.5) is 0 Å². The van der Waals surface area contributed by atoms with Crippen LogP contribution in [0.1, 0.15) is 15.9 Å². The molecule has 0 aromatic heterocycles. The van der Waals surface area contributed by atoms with E-state index in [1.54, 1.807) is 6.07 Å². The molecule has 72 valence electrons. The molecule has 4 heteroatoms. The van der Waals surface area contributed by atoms with Gasteiger partial charge in [-0.1, -0.05) is 12.7 Å². The van der Waals surface area contributed by atoms with E-state index in [1.165, 1.54) is 12.1 Å². The van der Waals surface area contributed by atoms with E-state index in [0.717, 1.165) is 0 Å². The lowest BCUT2D eigenvalue weighted by molar-refractivity contribution is 0.0696. The van der Waals surface area contributed by atoms with Crippen molar-refractivity contribution in [1.82, 2.24) is 0 Å². The van der Waals surface area contributed by atoms with Gasteiger partial charge in [0.2, 0.25) is 6.79 Å². The smallest absolute Gasteiger partial charge is 0.336 e. The maximum atomic E-state index is 10.8. The average molecular weight is 192 g/mol. The highest BCUT2D eigenvalue weighted by atomic mass is 16.7. The molecule has 0 radical (unpaired) electrons. The van der Waals surface area contributed by atoms with Crippen LogP contribution in [0.5, 0.6) is 11.5 Å². The Bertz CT molecular complexity index is 409. The fourth-order valence-corrected chi connectivity index (χ4v) is 1.31. The zero-order valence-electron chi connectivity index (χ0n) is 7.32. The van der Waals surface area contributed by atoms with Crippen molar-refractivity contribution >= 4 is 12.0 Å².